The fourth-order valence-electron chi connectivity index (χ4n) is 4.03. The number of ether oxygens (including phenoxy) is 2. The van der Waals surface area contributed by atoms with Crippen molar-refractivity contribution in [3.63, 3.8) is 0 Å². The van der Waals surface area contributed by atoms with Crippen molar-refractivity contribution in [3.05, 3.63) is 23.8 Å². The minimum absolute atomic E-state index is 0. The van der Waals surface area contributed by atoms with Crippen LogP contribution in [0.2, 0.25) is 0 Å². The van der Waals surface area contributed by atoms with Gasteiger partial charge < -0.3 is 25.2 Å². The predicted octanol–water partition coefficient (Wildman–Crippen LogP) is 2.20. The molecule has 2 fully saturated rings. The number of nitrogens with one attached hydrogen (secondary N) is 2. The van der Waals surface area contributed by atoms with Gasteiger partial charge in [-0.25, -0.2) is 0 Å². The van der Waals surface area contributed by atoms with E-state index in [0.29, 0.717) is 41.5 Å². The molecule has 3 N–H and O–H groups in total. The summed E-state index contributed by atoms with van der Waals surface area (Å²) in [5.74, 6) is 1.70. The summed E-state index contributed by atoms with van der Waals surface area (Å²) in [7, 11) is 3.14. The first kappa shape index (κ1) is 20.8. The second-order valence-electron chi connectivity index (χ2n) is 7.15. The molecule has 0 aliphatic carbocycles. The lowest BCUT2D eigenvalue weighted by Crippen LogP contribution is -2.40. The highest BCUT2D eigenvalue weighted by Crippen LogP contribution is 2.32. The number of amides is 1. The van der Waals surface area contributed by atoms with Crippen LogP contribution in [0, 0.1) is 5.92 Å². The Hall–Kier alpha value is -1.50. The molecule has 3 atom stereocenters. The maximum absolute atomic E-state index is 12.2. The van der Waals surface area contributed by atoms with Crippen LogP contribution in [-0.2, 0) is 4.79 Å². The minimum atomic E-state index is -0.794. The van der Waals surface area contributed by atoms with Crippen molar-refractivity contribution in [3.8, 4) is 11.5 Å². The van der Waals surface area contributed by atoms with Crippen molar-refractivity contribution < 1.29 is 19.4 Å². The maximum atomic E-state index is 12.2. The molecule has 0 aromatic heterocycles. The number of carbonyl (C=O) groups excluding carboxylic acids is 1. The zero-order valence-corrected chi connectivity index (χ0v) is 16.2. The van der Waals surface area contributed by atoms with Crippen molar-refractivity contribution in [1.29, 1.82) is 0 Å². The number of rotatable bonds is 7. The van der Waals surface area contributed by atoms with Gasteiger partial charge in [0.15, 0.2) is 0 Å². The Morgan fingerprint density at radius 1 is 1.19 bits per heavy atom. The van der Waals surface area contributed by atoms with E-state index in [0.717, 1.165) is 12.8 Å². The van der Waals surface area contributed by atoms with E-state index < -0.39 is 6.10 Å². The van der Waals surface area contributed by atoms with Crippen LogP contribution in [0.25, 0.3) is 0 Å². The molecule has 0 spiro atoms. The zero-order chi connectivity index (χ0) is 17.8. The van der Waals surface area contributed by atoms with E-state index in [1.807, 2.05) is 0 Å². The number of aliphatic hydroxyl groups is 1. The molecule has 2 saturated heterocycles. The van der Waals surface area contributed by atoms with E-state index in [4.69, 9.17) is 9.47 Å². The Labute approximate surface area is 161 Å². The summed E-state index contributed by atoms with van der Waals surface area (Å²) in [5.41, 5.74) is 0.663. The van der Waals surface area contributed by atoms with E-state index >= 15 is 0 Å². The number of hydrogen-bond donors (Lipinski definition) is 3. The Bertz CT molecular complexity index is 579. The Kier molecular flexibility index (Phi) is 7.55. The lowest BCUT2D eigenvalue weighted by molar-refractivity contribution is -0.122. The van der Waals surface area contributed by atoms with E-state index in [9.17, 15) is 9.90 Å². The molecule has 2 aliphatic rings. The quantitative estimate of drug-likeness (QED) is 0.671. The summed E-state index contributed by atoms with van der Waals surface area (Å²) >= 11 is 0. The summed E-state index contributed by atoms with van der Waals surface area (Å²) in [6.45, 7) is 0.187. The largest absolute Gasteiger partial charge is 0.497 e. The van der Waals surface area contributed by atoms with Crippen molar-refractivity contribution >= 4 is 18.3 Å². The van der Waals surface area contributed by atoms with Crippen LogP contribution in [0.4, 0.5) is 0 Å². The fourth-order valence-corrected chi connectivity index (χ4v) is 4.03. The van der Waals surface area contributed by atoms with Gasteiger partial charge in [-0.2, -0.15) is 0 Å². The number of fused-ring (bicyclic) bond motifs is 2. The second-order valence-corrected chi connectivity index (χ2v) is 7.15. The molecule has 146 valence electrons. The van der Waals surface area contributed by atoms with E-state index in [1.54, 1.807) is 32.4 Å². The maximum Gasteiger partial charge on any atom is 0.220 e. The van der Waals surface area contributed by atoms with Crippen LogP contribution >= 0.6 is 12.4 Å². The standard InChI is InChI=1S/C19H28N2O4.ClH/c1-24-16-8-13(9-17(10-16)25-2)18(22)11-20-19(23)7-12-5-14-3-4-15(6-12)21-14;/h8-10,12,14-15,18,21-22H,3-7,11H2,1-2H3,(H,20,23);1H. The topological polar surface area (TPSA) is 79.8 Å². The summed E-state index contributed by atoms with van der Waals surface area (Å²) in [4.78, 5) is 12.2. The van der Waals surface area contributed by atoms with Crippen molar-refractivity contribution in [1.82, 2.24) is 10.6 Å². The SMILES string of the molecule is COc1cc(OC)cc(C(O)CNC(=O)CC2CC3CCC(C2)N3)c1.Cl. The third kappa shape index (κ3) is 5.25. The third-order valence-corrected chi connectivity index (χ3v) is 5.30. The van der Waals surface area contributed by atoms with Crippen molar-refractivity contribution in [2.75, 3.05) is 20.8 Å². The van der Waals surface area contributed by atoms with Crippen LogP contribution < -0.4 is 20.1 Å². The number of methoxy groups -OCH3 is 2. The van der Waals surface area contributed by atoms with E-state index in [-0.39, 0.29) is 24.9 Å². The fraction of sp³-hybridized carbons (Fsp3) is 0.632. The monoisotopic (exact) mass is 384 g/mol. The molecule has 2 aliphatic heterocycles. The molecular formula is C19H29ClN2O4. The predicted molar refractivity (Wildman–Crippen MR) is 102 cm³/mol. The number of benzene rings is 1. The molecule has 1 aromatic rings. The number of halogens is 1. The molecule has 1 amide bonds. The lowest BCUT2D eigenvalue weighted by atomic mass is 9.89. The van der Waals surface area contributed by atoms with Crippen LogP contribution in [0.1, 0.15) is 43.8 Å². The third-order valence-electron chi connectivity index (χ3n) is 5.30. The van der Waals surface area contributed by atoms with Gasteiger partial charge in [0, 0.05) is 31.1 Å². The van der Waals surface area contributed by atoms with Gasteiger partial charge in [-0.3, -0.25) is 4.79 Å². The van der Waals surface area contributed by atoms with Crippen molar-refractivity contribution in [2.45, 2.75) is 50.3 Å². The highest BCUT2D eigenvalue weighted by Gasteiger charge is 2.34. The molecule has 2 bridgehead atoms. The van der Waals surface area contributed by atoms with Gasteiger partial charge in [0.1, 0.15) is 11.5 Å². The summed E-state index contributed by atoms with van der Waals surface area (Å²) in [5, 5.41) is 16.8. The zero-order valence-electron chi connectivity index (χ0n) is 15.4. The molecule has 1 aromatic carbocycles. The molecule has 0 radical (unpaired) electrons. The minimum Gasteiger partial charge on any atom is -0.497 e. The smallest absolute Gasteiger partial charge is 0.220 e. The molecular weight excluding hydrogens is 356 g/mol. The Balaban J connectivity index is 0.00000243. The summed E-state index contributed by atoms with van der Waals surface area (Å²) in [6.07, 6.45) is 4.39. The Morgan fingerprint density at radius 3 is 2.31 bits per heavy atom. The molecule has 7 heteroatoms. The van der Waals surface area contributed by atoms with Gasteiger partial charge in [-0.1, -0.05) is 0 Å². The second kappa shape index (κ2) is 9.44. The van der Waals surface area contributed by atoms with Crippen molar-refractivity contribution in [2.24, 2.45) is 5.92 Å². The normalized spacial score (nSPS) is 25.1. The summed E-state index contributed by atoms with van der Waals surface area (Å²) < 4.78 is 10.4. The average molecular weight is 385 g/mol. The molecule has 2 heterocycles. The van der Waals surface area contributed by atoms with Gasteiger partial charge in [0.05, 0.1) is 20.3 Å². The highest BCUT2D eigenvalue weighted by molar-refractivity contribution is 5.85. The molecule has 3 unspecified atom stereocenters. The van der Waals surface area contributed by atoms with Gasteiger partial charge in [0.25, 0.3) is 0 Å². The average Bonchev–Trinajstić information content (AvgIpc) is 2.97. The van der Waals surface area contributed by atoms with Crippen LogP contribution in [-0.4, -0.2) is 43.9 Å². The molecule has 26 heavy (non-hydrogen) atoms. The van der Waals surface area contributed by atoms with Crippen LogP contribution in [0.5, 0.6) is 11.5 Å². The number of aliphatic hydroxyl groups excluding tert-OH is 1. The van der Waals surface area contributed by atoms with Gasteiger partial charge in [-0.15, -0.1) is 12.4 Å². The van der Waals surface area contributed by atoms with E-state index in [2.05, 4.69) is 10.6 Å². The molecule has 6 nitrogen and oxygen atoms in total. The first-order chi connectivity index (χ1) is 12.1. The Morgan fingerprint density at radius 2 is 1.77 bits per heavy atom. The van der Waals surface area contributed by atoms with E-state index in [1.165, 1.54) is 12.8 Å². The molecule has 0 saturated carbocycles. The first-order valence-electron chi connectivity index (χ1n) is 9.01. The number of piperidine rings is 1. The molecule has 3 rings (SSSR count). The van der Waals surface area contributed by atoms with Gasteiger partial charge in [-0.05, 0) is 49.3 Å². The van der Waals surface area contributed by atoms with Crippen LogP contribution in [0.3, 0.4) is 0 Å². The van der Waals surface area contributed by atoms with Crippen LogP contribution in [0.15, 0.2) is 18.2 Å². The van der Waals surface area contributed by atoms with Gasteiger partial charge >= 0.3 is 0 Å². The highest BCUT2D eigenvalue weighted by atomic mass is 35.5. The number of hydrogen-bond acceptors (Lipinski definition) is 5. The lowest BCUT2D eigenvalue weighted by Gasteiger charge is -2.28. The first-order valence-corrected chi connectivity index (χ1v) is 9.01. The van der Waals surface area contributed by atoms with Gasteiger partial charge in [0.2, 0.25) is 5.91 Å². The summed E-state index contributed by atoms with van der Waals surface area (Å²) in [6, 6.07) is 6.44. The number of carbonyl (C=O) groups is 1.